The third kappa shape index (κ3) is 2.93. The minimum atomic E-state index is -0.952. The molecule has 150 valence electrons. The number of aromatic amines is 1. The highest BCUT2D eigenvalue weighted by Crippen LogP contribution is 2.46. The summed E-state index contributed by atoms with van der Waals surface area (Å²) in [5.41, 5.74) is 3.65. The van der Waals surface area contributed by atoms with Crippen LogP contribution in [0, 0.1) is 5.92 Å². The summed E-state index contributed by atoms with van der Waals surface area (Å²) >= 11 is 0. The van der Waals surface area contributed by atoms with Gasteiger partial charge in [-0.15, -0.1) is 0 Å². The van der Waals surface area contributed by atoms with Gasteiger partial charge in [-0.05, 0) is 30.5 Å². The summed E-state index contributed by atoms with van der Waals surface area (Å²) in [5, 5.41) is 10.9. The second-order valence-corrected chi connectivity index (χ2v) is 7.35. The molecule has 29 heavy (non-hydrogen) atoms. The molecule has 0 amide bonds. The zero-order chi connectivity index (χ0) is 20.7. The number of benzene rings is 1. The largest absolute Gasteiger partial charge is 0.480 e. The van der Waals surface area contributed by atoms with Crippen LogP contribution in [0.15, 0.2) is 47.7 Å². The van der Waals surface area contributed by atoms with Gasteiger partial charge in [0.1, 0.15) is 12.3 Å². The molecule has 0 spiro atoms. The lowest BCUT2D eigenvalue weighted by molar-refractivity contribution is -0.144. The molecule has 2 aliphatic rings. The van der Waals surface area contributed by atoms with Gasteiger partial charge in [0.05, 0.1) is 18.7 Å². The fraction of sp³-hybridized carbons (Fsp3) is 0.318. The van der Waals surface area contributed by atoms with Crippen LogP contribution in [0.4, 0.5) is 0 Å². The van der Waals surface area contributed by atoms with Crippen molar-refractivity contribution in [1.29, 1.82) is 0 Å². The fourth-order valence-electron chi connectivity index (χ4n) is 4.61. The predicted octanol–water partition coefficient (Wildman–Crippen LogP) is 2.74. The standard InChI is InChI=1S/C22H22N2O5/c1-3-12(11-25)14-8-18-20-15(13-6-4-5-7-17(13)23-20)9-19(21(26)27)24(18)10-16(14)22(28)29-2/h3-7,10-11,14,18-19,23H,8-9H2,1-2H3,(H,26,27)/b12-3-/t14-,18-,19-/m0/s1. The van der Waals surface area contributed by atoms with Crippen LogP contribution in [-0.2, 0) is 25.5 Å². The monoisotopic (exact) mass is 394 g/mol. The van der Waals surface area contributed by atoms with Crippen molar-refractivity contribution in [2.24, 2.45) is 5.92 Å². The second-order valence-electron chi connectivity index (χ2n) is 7.35. The molecule has 4 rings (SSSR count). The summed E-state index contributed by atoms with van der Waals surface area (Å²) in [6.45, 7) is 1.75. The van der Waals surface area contributed by atoms with Crippen molar-refractivity contribution in [2.75, 3.05) is 7.11 Å². The summed E-state index contributed by atoms with van der Waals surface area (Å²) in [6, 6.07) is 6.71. The Labute approximate surface area is 167 Å². The first-order chi connectivity index (χ1) is 14.0. The Balaban J connectivity index is 1.91. The van der Waals surface area contributed by atoms with Crippen LogP contribution in [0.3, 0.4) is 0 Å². The lowest BCUT2D eigenvalue weighted by Gasteiger charge is -2.44. The number of rotatable bonds is 4. The number of esters is 1. The van der Waals surface area contributed by atoms with Gasteiger partial charge in [-0.3, -0.25) is 4.79 Å². The Hall–Kier alpha value is -3.35. The minimum Gasteiger partial charge on any atom is -0.480 e. The van der Waals surface area contributed by atoms with Crippen LogP contribution >= 0.6 is 0 Å². The van der Waals surface area contributed by atoms with Gasteiger partial charge in [0, 0.05) is 35.1 Å². The number of fused-ring (bicyclic) bond motifs is 5. The maximum absolute atomic E-state index is 12.4. The molecule has 1 aromatic carbocycles. The van der Waals surface area contributed by atoms with Gasteiger partial charge < -0.3 is 19.7 Å². The van der Waals surface area contributed by atoms with E-state index in [1.165, 1.54) is 7.11 Å². The van der Waals surface area contributed by atoms with Gasteiger partial charge in [0.2, 0.25) is 0 Å². The number of methoxy groups -OCH3 is 1. The molecule has 2 aromatic rings. The Morgan fingerprint density at radius 1 is 1.31 bits per heavy atom. The molecule has 0 bridgehead atoms. The first-order valence-corrected chi connectivity index (χ1v) is 9.51. The highest BCUT2D eigenvalue weighted by atomic mass is 16.5. The molecule has 0 radical (unpaired) electrons. The van der Waals surface area contributed by atoms with Gasteiger partial charge in [0.25, 0.3) is 0 Å². The number of aromatic nitrogens is 1. The van der Waals surface area contributed by atoms with Crippen molar-refractivity contribution < 1.29 is 24.2 Å². The van der Waals surface area contributed by atoms with E-state index in [0.717, 1.165) is 28.4 Å². The number of ether oxygens (including phenoxy) is 1. The Kier molecular flexibility index (Phi) is 4.74. The van der Waals surface area contributed by atoms with E-state index < -0.39 is 23.9 Å². The number of allylic oxidation sites excluding steroid dienone is 2. The number of nitrogens with one attached hydrogen (secondary N) is 1. The molecule has 0 fully saturated rings. The number of carboxylic acid groups (broad SMARTS) is 1. The zero-order valence-electron chi connectivity index (χ0n) is 16.2. The van der Waals surface area contributed by atoms with Crippen molar-refractivity contribution in [3.05, 3.63) is 58.9 Å². The number of H-pyrrole nitrogens is 1. The Bertz CT molecular complexity index is 1060. The van der Waals surface area contributed by atoms with E-state index >= 15 is 0 Å². The van der Waals surface area contributed by atoms with Gasteiger partial charge in [-0.2, -0.15) is 0 Å². The topological polar surface area (TPSA) is 99.7 Å². The average molecular weight is 394 g/mol. The van der Waals surface area contributed by atoms with Crippen LogP contribution in [-0.4, -0.2) is 46.4 Å². The number of aliphatic carboxylic acids is 1. The van der Waals surface area contributed by atoms with Gasteiger partial charge in [-0.1, -0.05) is 24.3 Å². The SMILES string of the molecule is C/C=C(/C=O)[C@@H]1C[C@H]2c3[nH]c4ccccc4c3C[C@@H](C(=O)O)N2C=C1C(=O)OC. The summed E-state index contributed by atoms with van der Waals surface area (Å²) in [6.07, 6.45) is 4.74. The molecule has 0 saturated carbocycles. The van der Waals surface area contributed by atoms with Crippen LogP contribution in [0.25, 0.3) is 10.9 Å². The molecule has 3 heterocycles. The molecule has 0 aliphatic carbocycles. The Morgan fingerprint density at radius 2 is 2.07 bits per heavy atom. The summed E-state index contributed by atoms with van der Waals surface area (Å²) in [4.78, 5) is 41.3. The van der Waals surface area contributed by atoms with Crippen molar-refractivity contribution in [3.8, 4) is 0 Å². The smallest absolute Gasteiger partial charge is 0.335 e. The van der Waals surface area contributed by atoms with Crippen LogP contribution in [0.1, 0.15) is 30.6 Å². The van der Waals surface area contributed by atoms with E-state index in [1.807, 2.05) is 24.3 Å². The van der Waals surface area contributed by atoms with Crippen molar-refractivity contribution in [1.82, 2.24) is 9.88 Å². The molecule has 2 N–H and O–H groups in total. The number of carboxylic acids is 1. The number of carbonyl (C=O) groups is 3. The number of hydrogen-bond donors (Lipinski definition) is 2. The maximum atomic E-state index is 12.4. The van der Waals surface area contributed by atoms with E-state index in [9.17, 15) is 19.5 Å². The molecule has 1 aromatic heterocycles. The van der Waals surface area contributed by atoms with E-state index in [4.69, 9.17) is 4.74 Å². The summed E-state index contributed by atoms with van der Waals surface area (Å²) in [7, 11) is 1.28. The molecule has 2 aliphatic heterocycles. The zero-order valence-corrected chi connectivity index (χ0v) is 16.2. The van der Waals surface area contributed by atoms with Gasteiger partial charge in [0.15, 0.2) is 0 Å². The van der Waals surface area contributed by atoms with Crippen LogP contribution in [0.2, 0.25) is 0 Å². The molecule has 7 nitrogen and oxygen atoms in total. The van der Waals surface area contributed by atoms with Crippen molar-refractivity contribution in [2.45, 2.75) is 31.8 Å². The maximum Gasteiger partial charge on any atom is 0.335 e. The third-order valence-electron chi connectivity index (χ3n) is 6.00. The number of hydrogen-bond acceptors (Lipinski definition) is 5. The molecular weight excluding hydrogens is 372 g/mol. The minimum absolute atomic E-state index is 0.291. The average Bonchev–Trinajstić information content (AvgIpc) is 3.11. The van der Waals surface area contributed by atoms with E-state index in [2.05, 4.69) is 4.98 Å². The first kappa shape index (κ1) is 19.0. The number of nitrogens with zero attached hydrogens (tertiary/aromatic N) is 1. The summed E-state index contributed by atoms with van der Waals surface area (Å²) in [5.74, 6) is -1.97. The van der Waals surface area contributed by atoms with Crippen LogP contribution < -0.4 is 0 Å². The first-order valence-electron chi connectivity index (χ1n) is 9.51. The second kappa shape index (κ2) is 7.24. The highest BCUT2D eigenvalue weighted by Gasteiger charge is 2.44. The molecular formula is C22H22N2O5. The number of carbonyl (C=O) groups excluding carboxylic acids is 2. The molecule has 0 unspecified atom stereocenters. The quantitative estimate of drug-likeness (QED) is 0.470. The van der Waals surface area contributed by atoms with Gasteiger partial charge >= 0.3 is 11.9 Å². The van der Waals surface area contributed by atoms with Crippen LogP contribution in [0.5, 0.6) is 0 Å². The van der Waals surface area contributed by atoms with Crippen molar-refractivity contribution in [3.63, 3.8) is 0 Å². The predicted molar refractivity (Wildman–Crippen MR) is 106 cm³/mol. The van der Waals surface area contributed by atoms with Gasteiger partial charge in [-0.25, -0.2) is 9.59 Å². The van der Waals surface area contributed by atoms with E-state index in [1.54, 1.807) is 24.1 Å². The molecule has 0 saturated heterocycles. The van der Waals surface area contributed by atoms with Crippen molar-refractivity contribution >= 4 is 29.1 Å². The van der Waals surface area contributed by atoms with E-state index in [0.29, 0.717) is 24.0 Å². The molecule has 7 heteroatoms. The third-order valence-corrected chi connectivity index (χ3v) is 6.00. The highest BCUT2D eigenvalue weighted by molar-refractivity contribution is 5.93. The summed E-state index contributed by atoms with van der Waals surface area (Å²) < 4.78 is 4.92. The molecule has 3 atom stereocenters. The Morgan fingerprint density at radius 3 is 2.72 bits per heavy atom. The number of aldehydes is 1. The lowest BCUT2D eigenvalue weighted by Crippen LogP contribution is -2.48. The fourth-order valence-corrected chi connectivity index (χ4v) is 4.61. The number of para-hydroxylation sites is 1. The normalized spacial score (nSPS) is 23.8. The lowest BCUT2D eigenvalue weighted by atomic mass is 9.78. The van der Waals surface area contributed by atoms with E-state index in [-0.39, 0.29) is 6.04 Å².